The van der Waals surface area contributed by atoms with E-state index in [1.165, 1.54) is 0 Å². The molecular weight excluding hydrogens is 318 g/mol. The van der Waals surface area contributed by atoms with Gasteiger partial charge in [0.05, 0.1) is 5.69 Å². The molecule has 2 aromatic rings. The maximum Gasteiger partial charge on any atom is 0.255 e. The molecule has 0 aliphatic carbocycles. The normalized spacial score (nSPS) is 10.2. The second kappa shape index (κ2) is 5.96. The predicted octanol–water partition coefficient (Wildman–Crippen LogP) is 3.35. The summed E-state index contributed by atoms with van der Waals surface area (Å²) in [5.74, 6) is -0.167. The average Bonchev–Trinajstić information content (AvgIpc) is 2.43. The Morgan fingerprint density at radius 2 is 1.95 bits per heavy atom. The number of nitrogen functional groups attached to an aromatic ring is 1. The maximum absolute atomic E-state index is 12.3. The Labute approximate surface area is 126 Å². The zero-order valence-electron chi connectivity index (χ0n) is 11.4. The molecule has 20 heavy (non-hydrogen) atoms. The number of nitrogens with one attached hydrogen (secondary N) is 1. The highest BCUT2D eigenvalue weighted by Gasteiger charge is 2.09. The number of nitrogens with zero attached hydrogens (tertiary/aromatic N) is 1. The molecule has 1 amide bonds. The SMILES string of the molecule is CN(C)c1cccc(C(=O)Nc2cc(N)ccc2Br)c1. The molecular formula is C15H16BrN3O. The molecule has 2 aromatic carbocycles. The van der Waals surface area contributed by atoms with E-state index in [0.29, 0.717) is 16.9 Å². The Kier molecular flexibility index (Phi) is 4.29. The molecule has 0 radical (unpaired) electrons. The van der Waals surface area contributed by atoms with Crippen molar-refractivity contribution in [2.24, 2.45) is 0 Å². The molecule has 0 saturated heterocycles. The average molecular weight is 334 g/mol. The van der Waals surface area contributed by atoms with Crippen LogP contribution in [0.25, 0.3) is 0 Å². The van der Waals surface area contributed by atoms with Crippen LogP contribution < -0.4 is 16.0 Å². The molecule has 0 aromatic heterocycles. The lowest BCUT2D eigenvalue weighted by Crippen LogP contribution is -2.14. The lowest BCUT2D eigenvalue weighted by atomic mass is 10.1. The summed E-state index contributed by atoms with van der Waals surface area (Å²) < 4.78 is 0.795. The largest absolute Gasteiger partial charge is 0.399 e. The molecule has 2 rings (SSSR count). The summed E-state index contributed by atoms with van der Waals surface area (Å²) in [6.45, 7) is 0. The van der Waals surface area contributed by atoms with E-state index < -0.39 is 0 Å². The summed E-state index contributed by atoms with van der Waals surface area (Å²) in [7, 11) is 3.87. The van der Waals surface area contributed by atoms with Crippen LogP contribution in [0, 0.1) is 0 Å². The fourth-order valence-electron chi connectivity index (χ4n) is 1.76. The second-order valence-corrected chi connectivity index (χ2v) is 5.49. The molecule has 0 saturated carbocycles. The van der Waals surface area contributed by atoms with Crippen LogP contribution in [0.4, 0.5) is 17.1 Å². The van der Waals surface area contributed by atoms with Gasteiger partial charge in [0.25, 0.3) is 5.91 Å². The van der Waals surface area contributed by atoms with Crippen molar-refractivity contribution >= 4 is 38.9 Å². The monoisotopic (exact) mass is 333 g/mol. The molecule has 0 unspecified atom stereocenters. The first kappa shape index (κ1) is 14.4. The number of carbonyl (C=O) groups is 1. The summed E-state index contributed by atoms with van der Waals surface area (Å²) in [6, 6.07) is 12.7. The molecule has 0 aliphatic rings. The van der Waals surface area contributed by atoms with Crippen molar-refractivity contribution in [3.05, 3.63) is 52.5 Å². The van der Waals surface area contributed by atoms with Crippen molar-refractivity contribution in [2.45, 2.75) is 0 Å². The first-order chi connectivity index (χ1) is 9.47. The molecule has 5 heteroatoms. The van der Waals surface area contributed by atoms with Crippen LogP contribution in [0.1, 0.15) is 10.4 Å². The van der Waals surface area contributed by atoms with Crippen LogP contribution in [-0.2, 0) is 0 Å². The standard InChI is InChI=1S/C15H16BrN3O/c1-19(2)12-5-3-4-10(8-12)15(20)18-14-9-11(17)6-7-13(14)16/h3-9H,17H2,1-2H3,(H,18,20). The number of rotatable bonds is 3. The van der Waals surface area contributed by atoms with Crippen LogP contribution in [0.3, 0.4) is 0 Å². The van der Waals surface area contributed by atoms with Crippen molar-refractivity contribution in [3.8, 4) is 0 Å². The first-order valence-electron chi connectivity index (χ1n) is 6.11. The third kappa shape index (κ3) is 3.30. The van der Waals surface area contributed by atoms with Gasteiger partial charge in [-0.2, -0.15) is 0 Å². The lowest BCUT2D eigenvalue weighted by molar-refractivity contribution is 0.102. The summed E-state index contributed by atoms with van der Waals surface area (Å²) in [4.78, 5) is 14.2. The van der Waals surface area contributed by atoms with Crippen LogP contribution in [0.5, 0.6) is 0 Å². The Bertz CT molecular complexity index is 641. The van der Waals surface area contributed by atoms with E-state index >= 15 is 0 Å². The van der Waals surface area contributed by atoms with E-state index in [0.717, 1.165) is 10.2 Å². The molecule has 0 heterocycles. The zero-order chi connectivity index (χ0) is 14.7. The molecule has 0 spiro atoms. The number of hydrogen-bond donors (Lipinski definition) is 2. The minimum Gasteiger partial charge on any atom is -0.399 e. The molecule has 4 nitrogen and oxygen atoms in total. The van der Waals surface area contributed by atoms with E-state index in [4.69, 9.17) is 5.73 Å². The number of benzene rings is 2. The summed E-state index contributed by atoms with van der Waals surface area (Å²) in [5.41, 5.74) is 8.57. The van der Waals surface area contributed by atoms with Crippen LogP contribution in [0.2, 0.25) is 0 Å². The predicted molar refractivity (Wildman–Crippen MR) is 87.3 cm³/mol. The Morgan fingerprint density at radius 3 is 2.65 bits per heavy atom. The van der Waals surface area contributed by atoms with Crippen LogP contribution in [0.15, 0.2) is 46.9 Å². The van der Waals surface area contributed by atoms with Gasteiger partial charge in [0, 0.05) is 35.5 Å². The van der Waals surface area contributed by atoms with Crippen molar-refractivity contribution in [2.75, 3.05) is 30.0 Å². The highest BCUT2D eigenvalue weighted by atomic mass is 79.9. The van der Waals surface area contributed by atoms with Crippen molar-refractivity contribution in [1.29, 1.82) is 0 Å². The quantitative estimate of drug-likeness (QED) is 0.847. The van der Waals surface area contributed by atoms with Gasteiger partial charge in [0.2, 0.25) is 0 Å². The molecule has 104 valence electrons. The molecule has 0 aliphatic heterocycles. The van der Waals surface area contributed by atoms with E-state index in [1.807, 2.05) is 37.2 Å². The highest BCUT2D eigenvalue weighted by Crippen LogP contribution is 2.25. The van der Waals surface area contributed by atoms with Crippen molar-refractivity contribution in [1.82, 2.24) is 0 Å². The van der Waals surface area contributed by atoms with Crippen LogP contribution >= 0.6 is 15.9 Å². The summed E-state index contributed by atoms with van der Waals surface area (Å²) in [5, 5.41) is 2.85. The van der Waals surface area contributed by atoms with Gasteiger partial charge in [0.1, 0.15) is 0 Å². The number of nitrogens with two attached hydrogens (primary N) is 1. The minimum absolute atomic E-state index is 0.167. The molecule has 0 fully saturated rings. The van der Waals surface area contributed by atoms with E-state index in [-0.39, 0.29) is 5.91 Å². The maximum atomic E-state index is 12.3. The van der Waals surface area contributed by atoms with Crippen molar-refractivity contribution < 1.29 is 4.79 Å². The van der Waals surface area contributed by atoms with E-state index in [9.17, 15) is 4.79 Å². The second-order valence-electron chi connectivity index (χ2n) is 4.64. The Morgan fingerprint density at radius 1 is 1.20 bits per heavy atom. The zero-order valence-corrected chi connectivity index (χ0v) is 12.9. The van der Waals surface area contributed by atoms with Gasteiger partial charge < -0.3 is 16.0 Å². The molecule has 0 bridgehead atoms. The third-order valence-electron chi connectivity index (χ3n) is 2.86. The first-order valence-corrected chi connectivity index (χ1v) is 6.90. The van der Waals surface area contributed by atoms with Gasteiger partial charge >= 0.3 is 0 Å². The van der Waals surface area contributed by atoms with E-state index in [2.05, 4.69) is 21.2 Å². The number of anilines is 3. The number of halogens is 1. The van der Waals surface area contributed by atoms with Gasteiger partial charge in [-0.1, -0.05) is 6.07 Å². The number of carbonyl (C=O) groups excluding carboxylic acids is 1. The molecule has 0 atom stereocenters. The summed E-state index contributed by atoms with van der Waals surface area (Å²) in [6.07, 6.45) is 0. The Balaban J connectivity index is 2.24. The highest BCUT2D eigenvalue weighted by molar-refractivity contribution is 9.10. The van der Waals surface area contributed by atoms with Gasteiger partial charge in [0.15, 0.2) is 0 Å². The van der Waals surface area contributed by atoms with Gasteiger partial charge in [-0.25, -0.2) is 0 Å². The van der Waals surface area contributed by atoms with E-state index in [1.54, 1.807) is 24.3 Å². The summed E-state index contributed by atoms with van der Waals surface area (Å²) >= 11 is 3.39. The van der Waals surface area contributed by atoms with Gasteiger partial charge in [-0.15, -0.1) is 0 Å². The lowest BCUT2D eigenvalue weighted by Gasteiger charge is -2.14. The Hall–Kier alpha value is -2.01. The van der Waals surface area contributed by atoms with Crippen molar-refractivity contribution in [3.63, 3.8) is 0 Å². The van der Waals surface area contributed by atoms with Gasteiger partial charge in [-0.05, 0) is 52.3 Å². The number of amides is 1. The fourth-order valence-corrected chi connectivity index (χ4v) is 2.10. The van der Waals surface area contributed by atoms with Gasteiger partial charge in [-0.3, -0.25) is 4.79 Å². The fraction of sp³-hybridized carbons (Fsp3) is 0.133. The topological polar surface area (TPSA) is 58.4 Å². The van der Waals surface area contributed by atoms with Crippen LogP contribution in [-0.4, -0.2) is 20.0 Å². The molecule has 3 N–H and O–H groups in total. The number of hydrogen-bond acceptors (Lipinski definition) is 3. The third-order valence-corrected chi connectivity index (χ3v) is 3.55. The minimum atomic E-state index is -0.167. The smallest absolute Gasteiger partial charge is 0.255 e.